The lowest BCUT2D eigenvalue weighted by atomic mass is 10.1. The lowest BCUT2D eigenvalue weighted by Crippen LogP contribution is -2.31. The molecule has 24 heavy (non-hydrogen) atoms. The minimum absolute atomic E-state index is 0.300. The van der Waals surface area contributed by atoms with E-state index in [0.29, 0.717) is 11.1 Å². The van der Waals surface area contributed by atoms with E-state index in [-0.39, 0.29) is 11.6 Å². The summed E-state index contributed by atoms with van der Waals surface area (Å²) in [4.78, 5) is 23.5. The first-order valence-electron chi connectivity index (χ1n) is 7.03. The minimum Gasteiger partial charge on any atom is -0.452 e. The largest absolute Gasteiger partial charge is 0.452 e. The second-order valence-corrected chi connectivity index (χ2v) is 5.51. The highest BCUT2D eigenvalue weighted by molar-refractivity contribution is 6.30. The van der Waals surface area contributed by atoms with Crippen molar-refractivity contribution in [3.8, 4) is 0 Å². The highest BCUT2D eigenvalue weighted by atomic mass is 35.5. The van der Waals surface area contributed by atoms with Gasteiger partial charge in [-0.2, -0.15) is 0 Å². The molecular weight excluding hydrogens is 340 g/mol. The molecule has 4 nitrogen and oxygen atoms in total. The number of esters is 1. The normalized spacial score (nSPS) is 11.7. The van der Waals surface area contributed by atoms with Crippen LogP contribution in [0.25, 0.3) is 0 Å². The fourth-order valence-corrected chi connectivity index (χ4v) is 2.13. The molecule has 0 saturated heterocycles. The Bertz CT molecular complexity index is 730. The summed E-state index contributed by atoms with van der Waals surface area (Å²) in [6.45, 7) is 1.19. The first-order chi connectivity index (χ1) is 11.3. The Hall–Kier alpha value is -2.47. The molecule has 7 heteroatoms. The van der Waals surface area contributed by atoms with E-state index < -0.39 is 30.1 Å². The number of hydrogen-bond acceptors (Lipinski definition) is 3. The molecule has 0 unspecified atom stereocenters. The molecule has 1 N–H and O–H groups in total. The summed E-state index contributed by atoms with van der Waals surface area (Å²) in [5, 5.41) is 3.22. The Labute approximate surface area is 142 Å². The zero-order valence-corrected chi connectivity index (χ0v) is 13.4. The van der Waals surface area contributed by atoms with Crippen molar-refractivity contribution < 1.29 is 23.1 Å². The molecule has 0 radical (unpaired) electrons. The molecule has 0 bridgehead atoms. The SMILES string of the molecule is C[C@@H](NC(=O)COC(=O)c1cc(F)cc(F)c1)c1ccc(Cl)cc1. The van der Waals surface area contributed by atoms with Crippen molar-refractivity contribution in [3.05, 3.63) is 70.2 Å². The molecule has 126 valence electrons. The zero-order chi connectivity index (χ0) is 17.7. The summed E-state index contributed by atoms with van der Waals surface area (Å²) in [5.74, 6) is -3.32. The molecule has 1 amide bonds. The third-order valence-corrected chi connectivity index (χ3v) is 3.43. The smallest absolute Gasteiger partial charge is 0.338 e. The van der Waals surface area contributed by atoms with Crippen molar-refractivity contribution in [3.63, 3.8) is 0 Å². The molecule has 0 aromatic heterocycles. The molecule has 1 atom stereocenters. The molecule has 2 aromatic carbocycles. The Morgan fingerprint density at radius 1 is 1.12 bits per heavy atom. The van der Waals surface area contributed by atoms with Crippen molar-refractivity contribution in [1.29, 1.82) is 0 Å². The molecule has 0 aliphatic rings. The number of hydrogen-bond donors (Lipinski definition) is 1. The molecule has 2 rings (SSSR count). The van der Waals surface area contributed by atoms with Gasteiger partial charge in [-0.15, -0.1) is 0 Å². The van der Waals surface area contributed by atoms with Crippen LogP contribution in [0.4, 0.5) is 8.78 Å². The molecule has 0 saturated carbocycles. The van der Waals surface area contributed by atoms with Crippen LogP contribution in [0.15, 0.2) is 42.5 Å². The van der Waals surface area contributed by atoms with Gasteiger partial charge in [-0.3, -0.25) is 4.79 Å². The van der Waals surface area contributed by atoms with Crippen molar-refractivity contribution >= 4 is 23.5 Å². The molecule has 2 aromatic rings. The average molecular weight is 354 g/mol. The van der Waals surface area contributed by atoms with Gasteiger partial charge in [0.2, 0.25) is 0 Å². The van der Waals surface area contributed by atoms with Gasteiger partial charge in [0.25, 0.3) is 5.91 Å². The summed E-state index contributed by atoms with van der Waals surface area (Å²) in [7, 11) is 0. The molecule has 0 heterocycles. The van der Waals surface area contributed by atoms with Crippen molar-refractivity contribution in [2.45, 2.75) is 13.0 Å². The van der Waals surface area contributed by atoms with Crippen LogP contribution < -0.4 is 5.32 Å². The fourth-order valence-electron chi connectivity index (χ4n) is 2.00. The zero-order valence-electron chi connectivity index (χ0n) is 12.7. The molecule has 0 spiro atoms. The predicted molar refractivity (Wildman–Crippen MR) is 84.7 cm³/mol. The highest BCUT2D eigenvalue weighted by Crippen LogP contribution is 2.16. The summed E-state index contributed by atoms with van der Waals surface area (Å²) in [6.07, 6.45) is 0. The van der Waals surface area contributed by atoms with Gasteiger partial charge in [-0.25, -0.2) is 13.6 Å². The van der Waals surface area contributed by atoms with E-state index >= 15 is 0 Å². The Morgan fingerprint density at radius 3 is 2.29 bits per heavy atom. The molecular formula is C17H14ClF2NO3. The van der Waals surface area contributed by atoms with Crippen molar-refractivity contribution in [2.24, 2.45) is 0 Å². The van der Waals surface area contributed by atoms with Gasteiger partial charge >= 0.3 is 5.97 Å². The first-order valence-corrected chi connectivity index (χ1v) is 7.41. The maximum atomic E-state index is 13.0. The minimum atomic E-state index is -0.984. The topological polar surface area (TPSA) is 55.4 Å². The number of amides is 1. The predicted octanol–water partition coefficient (Wildman–Crippen LogP) is 3.65. The summed E-state index contributed by atoms with van der Waals surface area (Å²) >= 11 is 5.79. The Morgan fingerprint density at radius 2 is 1.71 bits per heavy atom. The average Bonchev–Trinajstić information content (AvgIpc) is 2.52. The third-order valence-electron chi connectivity index (χ3n) is 3.18. The van der Waals surface area contributed by atoms with Crippen molar-refractivity contribution in [1.82, 2.24) is 5.32 Å². The maximum Gasteiger partial charge on any atom is 0.338 e. The standard InChI is InChI=1S/C17H14ClF2NO3/c1-10(11-2-4-13(18)5-3-11)21-16(22)9-24-17(23)12-6-14(19)8-15(20)7-12/h2-8,10H,9H2,1H3,(H,21,22)/t10-/m1/s1. The maximum absolute atomic E-state index is 13.0. The van der Waals surface area contributed by atoms with E-state index in [9.17, 15) is 18.4 Å². The van der Waals surface area contributed by atoms with E-state index in [2.05, 4.69) is 5.32 Å². The van der Waals surface area contributed by atoms with Crippen LogP contribution in [0.2, 0.25) is 5.02 Å². The Balaban J connectivity index is 1.88. The lowest BCUT2D eigenvalue weighted by molar-refractivity contribution is -0.124. The van der Waals surface area contributed by atoms with Gasteiger partial charge < -0.3 is 10.1 Å². The van der Waals surface area contributed by atoms with Crippen LogP contribution in [-0.4, -0.2) is 18.5 Å². The lowest BCUT2D eigenvalue weighted by Gasteiger charge is -2.14. The van der Waals surface area contributed by atoms with Crippen LogP contribution >= 0.6 is 11.6 Å². The number of carbonyl (C=O) groups excluding carboxylic acids is 2. The van der Waals surface area contributed by atoms with Gasteiger partial charge in [0.05, 0.1) is 11.6 Å². The van der Waals surface area contributed by atoms with Gasteiger partial charge in [0.1, 0.15) is 11.6 Å². The number of carbonyl (C=O) groups is 2. The molecule has 0 fully saturated rings. The molecule has 0 aliphatic heterocycles. The van der Waals surface area contributed by atoms with Crippen LogP contribution in [0, 0.1) is 11.6 Å². The monoisotopic (exact) mass is 353 g/mol. The second kappa shape index (κ2) is 7.88. The van der Waals surface area contributed by atoms with E-state index in [0.717, 1.165) is 17.7 Å². The van der Waals surface area contributed by atoms with E-state index in [4.69, 9.17) is 16.3 Å². The van der Waals surface area contributed by atoms with E-state index in [1.165, 1.54) is 0 Å². The van der Waals surface area contributed by atoms with Crippen molar-refractivity contribution in [2.75, 3.05) is 6.61 Å². The number of rotatable bonds is 5. The number of nitrogens with one attached hydrogen (secondary N) is 1. The van der Waals surface area contributed by atoms with Gasteiger partial charge in [0.15, 0.2) is 6.61 Å². The van der Waals surface area contributed by atoms with Gasteiger partial charge in [-0.1, -0.05) is 23.7 Å². The molecule has 0 aliphatic carbocycles. The van der Waals surface area contributed by atoms with E-state index in [1.54, 1.807) is 31.2 Å². The van der Waals surface area contributed by atoms with Crippen LogP contribution in [-0.2, 0) is 9.53 Å². The summed E-state index contributed by atoms with van der Waals surface area (Å²) < 4.78 is 30.8. The quantitative estimate of drug-likeness (QED) is 0.835. The fraction of sp³-hybridized carbons (Fsp3) is 0.176. The van der Waals surface area contributed by atoms with Crippen LogP contribution in [0.5, 0.6) is 0 Å². The number of halogens is 3. The number of benzene rings is 2. The van der Waals surface area contributed by atoms with E-state index in [1.807, 2.05) is 0 Å². The second-order valence-electron chi connectivity index (χ2n) is 5.08. The summed E-state index contributed by atoms with van der Waals surface area (Å²) in [6, 6.07) is 8.89. The Kier molecular flexibility index (Phi) is 5.87. The number of ether oxygens (including phenoxy) is 1. The van der Waals surface area contributed by atoms with Crippen LogP contribution in [0.1, 0.15) is 28.9 Å². The van der Waals surface area contributed by atoms with Gasteiger partial charge in [-0.05, 0) is 36.8 Å². The summed E-state index contributed by atoms with van der Waals surface area (Å²) in [5.41, 5.74) is 0.525. The van der Waals surface area contributed by atoms with Crippen LogP contribution in [0.3, 0.4) is 0 Å². The van der Waals surface area contributed by atoms with Gasteiger partial charge in [0, 0.05) is 11.1 Å². The highest BCUT2D eigenvalue weighted by Gasteiger charge is 2.14. The third kappa shape index (κ3) is 5.03. The first kappa shape index (κ1) is 17.9.